The lowest BCUT2D eigenvalue weighted by Crippen LogP contribution is -2.40. The zero-order valence-corrected chi connectivity index (χ0v) is 11.5. The molecule has 1 heterocycles. The predicted octanol–water partition coefficient (Wildman–Crippen LogP) is 0.803. The van der Waals surface area contributed by atoms with Crippen LogP contribution in [0.3, 0.4) is 0 Å². The topological polar surface area (TPSA) is 73.1 Å². The summed E-state index contributed by atoms with van der Waals surface area (Å²) < 4.78 is 2.37. The van der Waals surface area contributed by atoms with E-state index in [0.29, 0.717) is 11.4 Å². The maximum absolute atomic E-state index is 12.3. The Labute approximate surface area is 115 Å². The molecule has 0 radical (unpaired) electrons. The van der Waals surface area contributed by atoms with Crippen LogP contribution in [-0.4, -0.2) is 15.0 Å². The Bertz CT molecular complexity index is 773. The maximum Gasteiger partial charge on any atom is 0.335 e. The van der Waals surface area contributed by atoms with Gasteiger partial charge in [0, 0.05) is 14.0 Å². The molecule has 1 N–H and O–H groups in total. The van der Waals surface area contributed by atoms with Crippen molar-refractivity contribution in [1.29, 1.82) is 0 Å². The fourth-order valence-corrected chi connectivity index (χ4v) is 2.02. The van der Waals surface area contributed by atoms with Crippen LogP contribution in [0.1, 0.15) is 12.6 Å². The molecule has 1 aromatic carbocycles. The molecule has 2 rings (SSSR count). The van der Waals surface area contributed by atoms with E-state index in [1.165, 1.54) is 18.5 Å². The Morgan fingerprint density at radius 2 is 1.75 bits per heavy atom. The summed E-state index contributed by atoms with van der Waals surface area (Å²) in [7, 11) is 1.38. The summed E-state index contributed by atoms with van der Waals surface area (Å²) >= 11 is 0. The van der Waals surface area contributed by atoms with Crippen LogP contribution in [0.2, 0.25) is 0 Å². The van der Waals surface area contributed by atoms with Gasteiger partial charge in [-0.25, -0.2) is 4.79 Å². The van der Waals surface area contributed by atoms with Crippen molar-refractivity contribution in [2.45, 2.75) is 13.8 Å². The molecule has 6 heteroatoms. The number of carbonyl (C=O) groups is 1. The lowest BCUT2D eigenvalue weighted by Gasteiger charge is -2.15. The second kappa shape index (κ2) is 5.16. The number of hydrogen-bond donors (Lipinski definition) is 1. The highest BCUT2D eigenvalue weighted by molar-refractivity contribution is 5.89. The lowest BCUT2D eigenvalue weighted by molar-refractivity contribution is -0.114. The van der Waals surface area contributed by atoms with Gasteiger partial charge in [-0.2, -0.15) is 0 Å². The second-order valence-electron chi connectivity index (χ2n) is 4.46. The van der Waals surface area contributed by atoms with Crippen molar-refractivity contribution in [3.05, 3.63) is 56.9 Å². The van der Waals surface area contributed by atoms with Crippen LogP contribution >= 0.6 is 0 Å². The SMILES string of the molecule is CC(=O)Nc1c(C)n(-c2ccccc2)c(=O)n(C)c1=O. The Morgan fingerprint density at radius 3 is 2.30 bits per heavy atom. The van der Waals surface area contributed by atoms with Gasteiger partial charge in [-0.15, -0.1) is 0 Å². The Hall–Kier alpha value is -2.63. The summed E-state index contributed by atoms with van der Waals surface area (Å²) in [5, 5.41) is 2.49. The second-order valence-corrected chi connectivity index (χ2v) is 4.46. The van der Waals surface area contributed by atoms with Crippen LogP contribution < -0.4 is 16.6 Å². The van der Waals surface area contributed by atoms with Crippen LogP contribution in [0.15, 0.2) is 39.9 Å². The summed E-state index contributed by atoms with van der Waals surface area (Å²) in [4.78, 5) is 35.5. The molecule has 0 saturated carbocycles. The molecular formula is C14H15N3O3. The molecule has 0 atom stereocenters. The molecule has 1 aromatic heterocycles. The number of benzene rings is 1. The Morgan fingerprint density at radius 1 is 1.15 bits per heavy atom. The van der Waals surface area contributed by atoms with E-state index in [2.05, 4.69) is 5.32 Å². The van der Waals surface area contributed by atoms with Gasteiger partial charge >= 0.3 is 5.69 Å². The highest BCUT2D eigenvalue weighted by atomic mass is 16.2. The van der Waals surface area contributed by atoms with Gasteiger partial charge in [0.1, 0.15) is 5.69 Å². The van der Waals surface area contributed by atoms with Gasteiger partial charge in [-0.3, -0.25) is 18.7 Å². The van der Waals surface area contributed by atoms with Crippen molar-refractivity contribution in [2.75, 3.05) is 5.32 Å². The molecule has 0 aliphatic carbocycles. The third kappa shape index (κ3) is 2.27. The molecular weight excluding hydrogens is 258 g/mol. The van der Waals surface area contributed by atoms with Crippen LogP contribution in [0.5, 0.6) is 0 Å². The van der Waals surface area contributed by atoms with Gasteiger partial charge in [0.15, 0.2) is 0 Å². The molecule has 0 saturated heterocycles. The molecule has 0 aliphatic heterocycles. The highest BCUT2D eigenvalue weighted by Crippen LogP contribution is 2.12. The fraction of sp³-hybridized carbons (Fsp3) is 0.214. The van der Waals surface area contributed by atoms with E-state index in [1.807, 2.05) is 6.07 Å². The first-order chi connectivity index (χ1) is 9.43. The van der Waals surface area contributed by atoms with E-state index in [4.69, 9.17) is 0 Å². The monoisotopic (exact) mass is 273 g/mol. The van der Waals surface area contributed by atoms with Crippen molar-refractivity contribution in [2.24, 2.45) is 7.05 Å². The summed E-state index contributed by atoms with van der Waals surface area (Å²) in [6.07, 6.45) is 0. The third-order valence-corrected chi connectivity index (χ3v) is 3.01. The number of rotatable bonds is 2. The number of aromatic nitrogens is 2. The van der Waals surface area contributed by atoms with Crippen LogP contribution in [0.25, 0.3) is 5.69 Å². The van der Waals surface area contributed by atoms with Gasteiger partial charge in [0.05, 0.1) is 11.4 Å². The lowest BCUT2D eigenvalue weighted by atomic mass is 10.2. The predicted molar refractivity (Wildman–Crippen MR) is 76.3 cm³/mol. The van der Waals surface area contributed by atoms with E-state index < -0.39 is 11.2 Å². The molecule has 0 bridgehead atoms. The summed E-state index contributed by atoms with van der Waals surface area (Å²) in [6, 6.07) is 8.95. The summed E-state index contributed by atoms with van der Waals surface area (Å²) in [5.41, 5.74) is 0.183. The highest BCUT2D eigenvalue weighted by Gasteiger charge is 2.16. The molecule has 104 valence electrons. The standard InChI is InChI=1S/C14H15N3O3/c1-9-12(15-10(2)18)13(19)16(3)14(20)17(9)11-7-5-4-6-8-11/h4-8H,1-3H3,(H,15,18). The number of anilines is 1. The third-order valence-electron chi connectivity index (χ3n) is 3.01. The largest absolute Gasteiger partial charge is 0.335 e. The fourth-order valence-electron chi connectivity index (χ4n) is 2.02. The molecule has 0 fully saturated rings. The van der Waals surface area contributed by atoms with Crippen LogP contribution in [0, 0.1) is 6.92 Å². The smallest absolute Gasteiger partial charge is 0.320 e. The molecule has 2 aromatic rings. The molecule has 0 spiro atoms. The van der Waals surface area contributed by atoms with E-state index in [1.54, 1.807) is 31.2 Å². The molecule has 6 nitrogen and oxygen atoms in total. The van der Waals surface area contributed by atoms with E-state index in [9.17, 15) is 14.4 Å². The van der Waals surface area contributed by atoms with Crippen molar-refractivity contribution < 1.29 is 4.79 Å². The summed E-state index contributed by atoms with van der Waals surface area (Å²) in [6.45, 7) is 2.94. The number of nitrogens with one attached hydrogen (secondary N) is 1. The quantitative estimate of drug-likeness (QED) is 0.879. The molecule has 20 heavy (non-hydrogen) atoms. The van der Waals surface area contributed by atoms with E-state index in [-0.39, 0.29) is 11.6 Å². The Balaban J connectivity index is 2.83. The zero-order chi connectivity index (χ0) is 14.9. The van der Waals surface area contributed by atoms with Crippen molar-refractivity contribution in [3.63, 3.8) is 0 Å². The molecule has 0 aliphatic rings. The minimum absolute atomic E-state index is 0.114. The van der Waals surface area contributed by atoms with Gasteiger partial charge < -0.3 is 5.32 Å². The number of amides is 1. The van der Waals surface area contributed by atoms with Crippen LogP contribution in [-0.2, 0) is 11.8 Å². The first kappa shape index (κ1) is 13.8. The summed E-state index contributed by atoms with van der Waals surface area (Å²) in [5.74, 6) is -0.358. The van der Waals surface area contributed by atoms with E-state index >= 15 is 0 Å². The molecule has 0 unspecified atom stereocenters. The number of nitrogens with zero attached hydrogens (tertiary/aromatic N) is 2. The van der Waals surface area contributed by atoms with Crippen molar-refractivity contribution in [1.82, 2.24) is 9.13 Å². The van der Waals surface area contributed by atoms with Crippen LogP contribution in [0.4, 0.5) is 5.69 Å². The number of para-hydroxylation sites is 1. The minimum Gasteiger partial charge on any atom is -0.320 e. The van der Waals surface area contributed by atoms with Crippen molar-refractivity contribution >= 4 is 11.6 Å². The van der Waals surface area contributed by atoms with Gasteiger partial charge in [0.2, 0.25) is 5.91 Å². The minimum atomic E-state index is -0.519. The van der Waals surface area contributed by atoms with E-state index in [0.717, 1.165) is 4.57 Å². The first-order valence-corrected chi connectivity index (χ1v) is 6.09. The zero-order valence-electron chi connectivity index (χ0n) is 11.5. The maximum atomic E-state index is 12.3. The normalized spacial score (nSPS) is 10.3. The average Bonchev–Trinajstić information content (AvgIpc) is 2.42. The van der Waals surface area contributed by atoms with Gasteiger partial charge in [0.25, 0.3) is 5.56 Å². The average molecular weight is 273 g/mol. The van der Waals surface area contributed by atoms with Gasteiger partial charge in [-0.1, -0.05) is 18.2 Å². The van der Waals surface area contributed by atoms with Gasteiger partial charge in [-0.05, 0) is 19.1 Å². The van der Waals surface area contributed by atoms with Crippen molar-refractivity contribution in [3.8, 4) is 5.69 Å². The molecule has 1 amide bonds. The first-order valence-electron chi connectivity index (χ1n) is 6.09. The number of carbonyl (C=O) groups excluding carboxylic acids is 1. The Kier molecular flexibility index (Phi) is 3.56. The number of hydrogen-bond acceptors (Lipinski definition) is 3.